The van der Waals surface area contributed by atoms with E-state index >= 15 is 0 Å². The average Bonchev–Trinajstić information content (AvgIpc) is 2.59. The quantitative estimate of drug-likeness (QED) is 0.880. The Morgan fingerprint density at radius 1 is 1.44 bits per heavy atom. The average molecular weight is 248 g/mol. The number of fused-ring (bicyclic) bond motifs is 1. The van der Waals surface area contributed by atoms with Crippen LogP contribution in [0.5, 0.6) is 0 Å². The van der Waals surface area contributed by atoms with Gasteiger partial charge < -0.3 is 0 Å². The zero-order valence-electron chi connectivity index (χ0n) is 10.9. The lowest BCUT2D eigenvalue weighted by Gasteiger charge is -2.17. The number of aromatic nitrogens is 4. The molecule has 0 aromatic carbocycles. The first kappa shape index (κ1) is 12.5. The molecule has 2 heterocycles. The van der Waals surface area contributed by atoms with Crippen LogP contribution in [0.3, 0.4) is 0 Å². The first-order valence-electron chi connectivity index (χ1n) is 5.87. The predicted molar refractivity (Wildman–Crippen MR) is 66.6 cm³/mol. The lowest BCUT2D eigenvalue weighted by molar-refractivity contribution is -0.119. The van der Waals surface area contributed by atoms with Gasteiger partial charge in [0.1, 0.15) is 11.6 Å². The molecule has 0 fully saturated rings. The highest BCUT2D eigenvalue weighted by molar-refractivity contribution is 5.83. The fraction of sp³-hybridized carbons (Fsp3) is 0.500. The van der Waals surface area contributed by atoms with E-state index in [2.05, 4.69) is 15.2 Å². The third-order valence-corrected chi connectivity index (χ3v) is 3.01. The number of aromatic amines is 1. The van der Waals surface area contributed by atoms with Gasteiger partial charge in [0.2, 0.25) is 0 Å². The van der Waals surface area contributed by atoms with Gasteiger partial charge in [-0.25, -0.2) is 19.3 Å². The fourth-order valence-corrected chi connectivity index (χ4v) is 2.30. The summed E-state index contributed by atoms with van der Waals surface area (Å²) in [6.07, 6.45) is 0. The summed E-state index contributed by atoms with van der Waals surface area (Å²) in [6.45, 7) is 7.24. The minimum Gasteiger partial charge on any atom is -0.299 e. The maximum atomic E-state index is 11.7. The summed E-state index contributed by atoms with van der Waals surface area (Å²) in [5.74, 6) is 0.496. The number of ketones is 1. The first-order chi connectivity index (χ1) is 8.41. The molecule has 0 spiro atoms. The van der Waals surface area contributed by atoms with Crippen molar-refractivity contribution in [1.82, 2.24) is 19.6 Å². The monoisotopic (exact) mass is 248 g/mol. The van der Waals surface area contributed by atoms with Crippen molar-refractivity contribution in [3.8, 4) is 0 Å². The van der Waals surface area contributed by atoms with Crippen molar-refractivity contribution in [3.05, 3.63) is 28.1 Å². The molecule has 1 unspecified atom stereocenters. The summed E-state index contributed by atoms with van der Waals surface area (Å²) in [7, 11) is 0. The summed E-state index contributed by atoms with van der Waals surface area (Å²) < 4.78 is 1.39. The maximum Gasteiger partial charge on any atom is 0.349 e. The van der Waals surface area contributed by atoms with E-state index in [1.807, 2.05) is 13.8 Å². The van der Waals surface area contributed by atoms with Crippen molar-refractivity contribution in [1.29, 1.82) is 0 Å². The highest BCUT2D eigenvalue weighted by atomic mass is 16.1. The smallest absolute Gasteiger partial charge is 0.299 e. The van der Waals surface area contributed by atoms with Crippen LogP contribution in [0.25, 0.3) is 5.65 Å². The minimum absolute atomic E-state index is 0.0686. The minimum atomic E-state index is -0.314. The molecule has 1 atom stereocenters. The predicted octanol–water partition coefficient (Wildman–Crippen LogP) is 1.05. The molecule has 96 valence electrons. The number of hydrogen-bond donors (Lipinski definition) is 1. The van der Waals surface area contributed by atoms with Crippen LogP contribution in [-0.4, -0.2) is 25.4 Å². The van der Waals surface area contributed by atoms with Crippen LogP contribution >= 0.6 is 0 Å². The van der Waals surface area contributed by atoms with Crippen LogP contribution in [0.4, 0.5) is 0 Å². The lowest BCUT2D eigenvalue weighted by Crippen LogP contribution is -2.20. The van der Waals surface area contributed by atoms with Crippen molar-refractivity contribution in [2.24, 2.45) is 5.92 Å². The largest absolute Gasteiger partial charge is 0.349 e. The van der Waals surface area contributed by atoms with Crippen molar-refractivity contribution < 1.29 is 4.79 Å². The van der Waals surface area contributed by atoms with Gasteiger partial charge >= 0.3 is 5.69 Å². The van der Waals surface area contributed by atoms with Crippen LogP contribution in [0.1, 0.15) is 38.2 Å². The number of aryl methyl sites for hydroxylation is 1. The number of carbonyl (C=O) groups excluding carboxylic acids is 1. The van der Waals surface area contributed by atoms with E-state index in [9.17, 15) is 9.59 Å². The topological polar surface area (TPSA) is 80.1 Å². The normalized spacial score (nSPS) is 13.2. The number of hydrogen-bond acceptors (Lipinski definition) is 4. The molecule has 2 rings (SSSR count). The van der Waals surface area contributed by atoms with Gasteiger partial charge in [-0.05, 0) is 19.8 Å². The molecule has 6 nitrogen and oxygen atoms in total. The van der Waals surface area contributed by atoms with E-state index in [1.165, 1.54) is 4.40 Å². The van der Waals surface area contributed by atoms with Crippen LogP contribution in [0, 0.1) is 12.8 Å². The molecule has 0 aliphatic heterocycles. The number of H-pyrrole nitrogens is 1. The van der Waals surface area contributed by atoms with Crippen LogP contribution in [0.15, 0.2) is 10.9 Å². The van der Waals surface area contributed by atoms with Gasteiger partial charge in [-0.1, -0.05) is 13.8 Å². The van der Waals surface area contributed by atoms with Gasteiger partial charge in [0.05, 0.1) is 11.6 Å². The Labute approximate surface area is 104 Å². The molecule has 18 heavy (non-hydrogen) atoms. The van der Waals surface area contributed by atoms with E-state index < -0.39 is 0 Å². The number of carbonyl (C=O) groups is 1. The van der Waals surface area contributed by atoms with Gasteiger partial charge in [0, 0.05) is 6.07 Å². The van der Waals surface area contributed by atoms with E-state index in [0.29, 0.717) is 17.2 Å². The Bertz CT molecular complexity index is 654. The Hall–Kier alpha value is -1.98. The first-order valence-corrected chi connectivity index (χ1v) is 5.87. The van der Waals surface area contributed by atoms with E-state index in [-0.39, 0.29) is 23.3 Å². The zero-order chi connectivity index (χ0) is 13.4. The third-order valence-electron chi connectivity index (χ3n) is 3.01. The van der Waals surface area contributed by atoms with Crippen molar-refractivity contribution in [2.45, 2.75) is 33.6 Å². The van der Waals surface area contributed by atoms with E-state index in [0.717, 1.165) is 0 Å². The molecule has 0 saturated carbocycles. The molecule has 6 heteroatoms. The van der Waals surface area contributed by atoms with E-state index in [1.54, 1.807) is 19.9 Å². The summed E-state index contributed by atoms with van der Waals surface area (Å²) in [6, 6.07) is 1.69. The summed E-state index contributed by atoms with van der Waals surface area (Å²) in [5.41, 5.74) is 0.848. The number of nitrogens with one attached hydrogen (secondary N) is 1. The molecule has 0 bridgehead atoms. The highest BCUT2D eigenvalue weighted by Gasteiger charge is 2.23. The molecule has 0 aliphatic carbocycles. The van der Waals surface area contributed by atoms with Gasteiger partial charge in [0.25, 0.3) is 0 Å². The Morgan fingerprint density at radius 2 is 2.11 bits per heavy atom. The molecule has 2 aromatic rings. The molecule has 2 aromatic heterocycles. The van der Waals surface area contributed by atoms with Crippen molar-refractivity contribution in [2.75, 3.05) is 0 Å². The molecule has 0 amide bonds. The zero-order valence-corrected chi connectivity index (χ0v) is 10.9. The summed E-state index contributed by atoms with van der Waals surface area (Å²) in [4.78, 5) is 27.5. The van der Waals surface area contributed by atoms with Gasteiger partial charge in [-0.2, -0.15) is 5.10 Å². The van der Waals surface area contributed by atoms with Crippen LogP contribution in [-0.2, 0) is 4.79 Å². The number of Topliss-reactive ketones (excluding diaryl/α,β-unsaturated/α-hetero) is 1. The Balaban J connectivity index is 2.65. The second-order valence-electron chi connectivity index (χ2n) is 4.78. The van der Waals surface area contributed by atoms with E-state index in [4.69, 9.17) is 0 Å². The molecule has 0 aliphatic rings. The molecule has 0 radical (unpaired) electrons. The lowest BCUT2D eigenvalue weighted by atomic mass is 9.89. The fourth-order valence-electron chi connectivity index (χ4n) is 2.30. The molecule has 1 N–H and O–H groups in total. The van der Waals surface area contributed by atoms with Crippen molar-refractivity contribution >= 4 is 11.4 Å². The molecule has 0 saturated heterocycles. The number of nitrogens with zero attached hydrogens (tertiary/aromatic N) is 3. The Morgan fingerprint density at radius 3 is 2.67 bits per heavy atom. The molecular weight excluding hydrogens is 232 g/mol. The molecular formula is C12H16N4O2. The standard InChI is InChI=1S/C12H16N4O2/c1-6(2)11(7(3)17)9-5-10-14-15-12(18)16(10)8(4)13-9/h5-6,11H,1-4H3,(H,15,18). The van der Waals surface area contributed by atoms with Gasteiger partial charge in [-0.3, -0.25) is 4.79 Å². The second-order valence-corrected chi connectivity index (χ2v) is 4.78. The van der Waals surface area contributed by atoms with Crippen molar-refractivity contribution in [3.63, 3.8) is 0 Å². The highest BCUT2D eigenvalue weighted by Crippen LogP contribution is 2.24. The maximum absolute atomic E-state index is 11.7. The second kappa shape index (κ2) is 4.36. The van der Waals surface area contributed by atoms with Gasteiger partial charge in [-0.15, -0.1) is 0 Å². The number of rotatable bonds is 3. The Kier molecular flexibility index (Phi) is 3.02. The van der Waals surface area contributed by atoms with Gasteiger partial charge in [0.15, 0.2) is 5.65 Å². The SMILES string of the molecule is CC(=O)C(c1cc2n[nH]c(=O)n2c(C)n1)C(C)C. The summed E-state index contributed by atoms with van der Waals surface area (Å²) in [5, 5.41) is 6.29. The summed E-state index contributed by atoms with van der Waals surface area (Å²) >= 11 is 0. The van der Waals surface area contributed by atoms with Crippen LogP contribution in [0.2, 0.25) is 0 Å². The third kappa shape index (κ3) is 1.94. The van der Waals surface area contributed by atoms with Crippen LogP contribution < -0.4 is 5.69 Å².